The second-order valence-corrected chi connectivity index (χ2v) is 5.21. The molecule has 0 fully saturated rings. The number of hydrogen-bond donors (Lipinski definition) is 0. The van der Waals surface area contributed by atoms with E-state index in [0.717, 1.165) is 5.56 Å². The lowest BCUT2D eigenvalue weighted by molar-refractivity contribution is -0.0584. The van der Waals surface area contributed by atoms with E-state index < -0.39 is 17.6 Å². The Morgan fingerprint density at radius 3 is 2.55 bits per heavy atom. The van der Waals surface area contributed by atoms with Crippen LogP contribution in [0.3, 0.4) is 0 Å². The minimum Gasteiger partial charge on any atom is -0.368 e. The summed E-state index contributed by atoms with van der Waals surface area (Å²) >= 11 is 0. The van der Waals surface area contributed by atoms with Crippen LogP contribution in [0, 0.1) is 11.8 Å². The predicted octanol–water partition coefficient (Wildman–Crippen LogP) is 4.75. The molecule has 2 rings (SSSR count). The molecule has 1 aromatic rings. The lowest BCUT2D eigenvalue weighted by Gasteiger charge is -2.35. The van der Waals surface area contributed by atoms with Crippen LogP contribution in [0.25, 0.3) is 0 Å². The first kappa shape index (κ1) is 16.5. The summed E-state index contributed by atoms with van der Waals surface area (Å²) in [7, 11) is 0. The fourth-order valence-corrected chi connectivity index (χ4v) is 2.56. The van der Waals surface area contributed by atoms with E-state index in [1.165, 1.54) is 6.08 Å². The van der Waals surface area contributed by atoms with Crippen LogP contribution < -0.4 is 0 Å². The van der Waals surface area contributed by atoms with Crippen LogP contribution in [0.15, 0.2) is 53.9 Å². The third-order valence-electron chi connectivity index (χ3n) is 3.61. The zero-order valence-electron chi connectivity index (χ0n) is 12.9. The van der Waals surface area contributed by atoms with Crippen molar-refractivity contribution in [1.82, 2.24) is 0 Å². The fraction of sp³-hybridized carbons (Fsp3) is 0.368. The molecule has 1 aliphatic rings. The van der Waals surface area contributed by atoms with Gasteiger partial charge in [-0.15, -0.1) is 0 Å². The van der Waals surface area contributed by atoms with Crippen LogP contribution in [0.1, 0.15) is 32.3 Å². The molecule has 22 heavy (non-hydrogen) atoms. The molecule has 0 saturated heterocycles. The Hall–Kier alpha value is -1.92. The minimum absolute atomic E-state index is 0.0859. The second-order valence-electron chi connectivity index (χ2n) is 5.21. The maximum atomic E-state index is 14.6. The zero-order chi connectivity index (χ0) is 16.0. The van der Waals surface area contributed by atoms with Crippen LogP contribution in [-0.2, 0) is 4.74 Å². The largest absolute Gasteiger partial charge is 0.368 e. The van der Waals surface area contributed by atoms with Gasteiger partial charge in [-0.25, -0.2) is 8.78 Å². The highest BCUT2D eigenvalue weighted by atomic mass is 19.2. The third-order valence-corrected chi connectivity index (χ3v) is 3.61. The normalized spacial score (nSPS) is 24.1. The molecule has 0 amide bonds. The van der Waals surface area contributed by atoms with Gasteiger partial charge in [0.05, 0.1) is 5.57 Å². The molecular formula is C19H20F2O. The van der Waals surface area contributed by atoms with Crippen molar-refractivity contribution in [3.63, 3.8) is 0 Å². The van der Waals surface area contributed by atoms with Gasteiger partial charge in [0, 0.05) is 12.2 Å². The zero-order valence-corrected chi connectivity index (χ0v) is 12.9. The maximum absolute atomic E-state index is 14.6. The van der Waals surface area contributed by atoms with Crippen molar-refractivity contribution < 1.29 is 13.5 Å². The van der Waals surface area contributed by atoms with Gasteiger partial charge in [0.1, 0.15) is 5.60 Å². The van der Waals surface area contributed by atoms with Gasteiger partial charge in [0.15, 0.2) is 12.0 Å². The van der Waals surface area contributed by atoms with Crippen molar-refractivity contribution in [3.8, 4) is 11.8 Å². The molecule has 1 nitrogen and oxygen atoms in total. The average molecular weight is 302 g/mol. The Kier molecular flexibility index (Phi) is 5.51. The first-order chi connectivity index (χ1) is 10.6. The molecule has 2 unspecified atom stereocenters. The van der Waals surface area contributed by atoms with Crippen molar-refractivity contribution in [2.75, 3.05) is 6.61 Å². The number of benzene rings is 1. The van der Waals surface area contributed by atoms with E-state index in [1.54, 1.807) is 13.0 Å². The summed E-state index contributed by atoms with van der Waals surface area (Å²) in [4.78, 5) is 0. The molecule has 1 aromatic carbocycles. The Morgan fingerprint density at radius 1 is 1.18 bits per heavy atom. The van der Waals surface area contributed by atoms with E-state index in [2.05, 4.69) is 11.8 Å². The summed E-state index contributed by atoms with van der Waals surface area (Å²) in [6.07, 6.45) is 2.49. The highest BCUT2D eigenvalue weighted by Crippen LogP contribution is 2.37. The topological polar surface area (TPSA) is 9.23 Å². The summed E-state index contributed by atoms with van der Waals surface area (Å²) in [5, 5.41) is 0. The lowest BCUT2D eigenvalue weighted by atomic mass is 9.85. The standard InChI is InChI=1S/C19H20F2O/c1-3-13-19(22-4-2)14-12-16(17(20)18(19)21)11-10-15-8-6-5-7-9-15/h5-9,12,14,18H,3-4,13H2,1-2H3. The number of rotatable bonds is 4. The number of alkyl halides is 1. The monoisotopic (exact) mass is 302 g/mol. The lowest BCUT2D eigenvalue weighted by Crippen LogP contribution is -2.43. The van der Waals surface area contributed by atoms with Gasteiger partial charge in [0.25, 0.3) is 0 Å². The Labute approximate surface area is 130 Å². The van der Waals surface area contributed by atoms with Gasteiger partial charge in [-0.3, -0.25) is 0 Å². The Balaban J connectivity index is 2.28. The van der Waals surface area contributed by atoms with Gasteiger partial charge in [-0.1, -0.05) is 43.4 Å². The molecule has 116 valence electrons. The summed E-state index contributed by atoms with van der Waals surface area (Å²) in [6.45, 7) is 4.04. The van der Waals surface area contributed by atoms with Crippen LogP contribution in [0.5, 0.6) is 0 Å². The number of hydrogen-bond acceptors (Lipinski definition) is 1. The second kappa shape index (κ2) is 7.38. The van der Waals surface area contributed by atoms with Crippen LogP contribution in [0.2, 0.25) is 0 Å². The molecular weight excluding hydrogens is 282 g/mol. The molecule has 0 heterocycles. The molecule has 2 atom stereocenters. The van der Waals surface area contributed by atoms with E-state index in [4.69, 9.17) is 4.74 Å². The van der Waals surface area contributed by atoms with E-state index in [9.17, 15) is 8.78 Å². The summed E-state index contributed by atoms with van der Waals surface area (Å²) in [6, 6.07) is 9.24. The first-order valence-corrected chi connectivity index (χ1v) is 7.57. The molecule has 0 radical (unpaired) electrons. The molecule has 0 N–H and O–H groups in total. The Bertz CT molecular complexity index is 614. The Morgan fingerprint density at radius 2 is 1.91 bits per heavy atom. The van der Waals surface area contributed by atoms with E-state index in [-0.39, 0.29) is 5.57 Å². The average Bonchev–Trinajstić information content (AvgIpc) is 2.53. The SMILES string of the molecule is CCCC1(OCC)C=CC(C#Cc2ccccc2)=C(F)C1F. The van der Waals surface area contributed by atoms with Crippen LogP contribution >= 0.6 is 0 Å². The molecule has 1 aliphatic carbocycles. The quantitative estimate of drug-likeness (QED) is 0.730. The fourth-order valence-electron chi connectivity index (χ4n) is 2.56. The van der Waals surface area contributed by atoms with E-state index in [0.29, 0.717) is 19.4 Å². The number of halogens is 2. The first-order valence-electron chi connectivity index (χ1n) is 7.57. The van der Waals surface area contributed by atoms with Gasteiger partial charge in [-0.2, -0.15) is 0 Å². The highest BCUT2D eigenvalue weighted by Gasteiger charge is 2.43. The molecule has 0 bridgehead atoms. The van der Waals surface area contributed by atoms with E-state index in [1.807, 2.05) is 37.3 Å². The van der Waals surface area contributed by atoms with Gasteiger partial charge >= 0.3 is 0 Å². The van der Waals surface area contributed by atoms with Gasteiger partial charge < -0.3 is 4.74 Å². The highest BCUT2D eigenvalue weighted by molar-refractivity contribution is 5.50. The molecule has 0 aliphatic heterocycles. The van der Waals surface area contributed by atoms with Gasteiger partial charge in [-0.05, 0) is 37.6 Å². The van der Waals surface area contributed by atoms with Crippen molar-refractivity contribution in [1.29, 1.82) is 0 Å². The smallest absolute Gasteiger partial charge is 0.185 e. The van der Waals surface area contributed by atoms with Crippen LogP contribution in [-0.4, -0.2) is 18.4 Å². The van der Waals surface area contributed by atoms with Crippen molar-refractivity contribution in [2.45, 2.75) is 38.5 Å². The molecule has 3 heteroatoms. The predicted molar refractivity (Wildman–Crippen MR) is 84.8 cm³/mol. The van der Waals surface area contributed by atoms with Gasteiger partial charge in [0.2, 0.25) is 0 Å². The van der Waals surface area contributed by atoms with Crippen molar-refractivity contribution >= 4 is 0 Å². The maximum Gasteiger partial charge on any atom is 0.185 e. The van der Waals surface area contributed by atoms with Crippen molar-refractivity contribution in [2.24, 2.45) is 0 Å². The minimum atomic E-state index is -1.81. The summed E-state index contributed by atoms with van der Waals surface area (Å²) < 4.78 is 34.4. The molecule has 0 saturated carbocycles. The third kappa shape index (κ3) is 3.45. The number of allylic oxidation sites excluding steroid dienone is 2. The number of ether oxygens (including phenoxy) is 1. The molecule has 0 spiro atoms. The summed E-state index contributed by atoms with van der Waals surface area (Å²) in [5.74, 6) is 4.72. The van der Waals surface area contributed by atoms with Crippen LogP contribution in [0.4, 0.5) is 8.78 Å². The molecule has 0 aromatic heterocycles. The van der Waals surface area contributed by atoms with E-state index >= 15 is 0 Å². The van der Waals surface area contributed by atoms with Crippen molar-refractivity contribution in [3.05, 3.63) is 59.4 Å². The summed E-state index contributed by atoms with van der Waals surface area (Å²) in [5.41, 5.74) is -0.351.